The highest BCUT2D eigenvalue weighted by Crippen LogP contribution is 2.23. The van der Waals surface area contributed by atoms with E-state index < -0.39 is 0 Å². The first-order valence-electron chi connectivity index (χ1n) is 11.5. The van der Waals surface area contributed by atoms with Gasteiger partial charge in [-0.3, -0.25) is 9.69 Å². The maximum absolute atomic E-state index is 11.7. The lowest BCUT2D eigenvalue weighted by atomic mass is 10.0. The largest absolute Gasteiger partial charge is 0.494 e. The number of rotatable bonds is 12. The van der Waals surface area contributed by atoms with Crippen molar-refractivity contribution in [3.63, 3.8) is 0 Å². The first kappa shape index (κ1) is 23.1. The minimum absolute atomic E-state index is 0.0789. The van der Waals surface area contributed by atoms with Gasteiger partial charge in [0.2, 0.25) is 5.91 Å². The van der Waals surface area contributed by atoms with Crippen LogP contribution in [-0.2, 0) is 11.2 Å². The van der Waals surface area contributed by atoms with Gasteiger partial charge in [0.05, 0.1) is 6.61 Å². The number of likely N-dealkylation sites (tertiary alicyclic amines) is 1. The number of carbonyl (C=O) groups excluding carboxylic acids is 1. The maximum Gasteiger partial charge on any atom is 0.220 e. The molecule has 0 spiro atoms. The van der Waals surface area contributed by atoms with Gasteiger partial charge in [0.1, 0.15) is 18.1 Å². The number of benzene rings is 2. The number of nitrogens with one attached hydrogen (secondary N) is 1. The summed E-state index contributed by atoms with van der Waals surface area (Å²) >= 11 is 0. The molecular weight excluding hydrogens is 388 g/mol. The third-order valence-electron chi connectivity index (χ3n) is 5.42. The first-order chi connectivity index (χ1) is 15.1. The molecule has 1 N–H and O–H groups in total. The molecule has 0 radical (unpaired) electrons. The van der Waals surface area contributed by atoms with Gasteiger partial charge in [0.25, 0.3) is 0 Å². The molecule has 0 aromatic heterocycles. The van der Waals surface area contributed by atoms with E-state index in [0.717, 1.165) is 31.1 Å². The fourth-order valence-corrected chi connectivity index (χ4v) is 3.82. The minimum Gasteiger partial charge on any atom is -0.494 e. The fourth-order valence-electron chi connectivity index (χ4n) is 3.82. The van der Waals surface area contributed by atoms with Crippen LogP contribution in [0.25, 0.3) is 0 Å². The van der Waals surface area contributed by atoms with E-state index in [2.05, 4.69) is 40.5 Å². The summed E-state index contributed by atoms with van der Waals surface area (Å²) in [5, 5.41) is 2.90. The van der Waals surface area contributed by atoms with E-state index in [1.165, 1.54) is 37.1 Å². The lowest BCUT2D eigenvalue weighted by Gasteiger charge is -2.16. The summed E-state index contributed by atoms with van der Waals surface area (Å²) in [7, 11) is 0. The van der Waals surface area contributed by atoms with Crippen LogP contribution in [0.1, 0.15) is 50.7 Å². The summed E-state index contributed by atoms with van der Waals surface area (Å²) in [5.74, 6) is 1.89. The van der Waals surface area contributed by atoms with Gasteiger partial charge in [-0.25, -0.2) is 0 Å². The summed E-state index contributed by atoms with van der Waals surface area (Å²) in [6.07, 6.45) is 4.65. The molecular formula is C26H36N2O3. The summed E-state index contributed by atoms with van der Waals surface area (Å²) in [6.45, 7) is 8.61. The van der Waals surface area contributed by atoms with E-state index in [1.54, 1.807) is 0 Å². The Balaban J connectivity index is 1.43. The summed E-state index contributed by atoms with van der Waals surface area (Å²) in [4.78, 5) is 14.1. The molecule has 2 aromatic rings. The normalized spacial score (nSPS) is 14.0. The second-order valence-electron chi connectivity index (χ2n) is 8.50. The van der Waals surface area contributed by atoms with Gasteiger partial charge in [-0.05, 0) is 75.5 Å². The van der Waals surface area contributed by atoms with E-state index in [1.807, 2.05) is 32.0 Å². The van der Waals surface area contributed by atoms with E-state index in [-0.39, 0.29) is 11.9 Å². The third kappa shape index (κ3) is 8.25. The molecule has 1 saturated heterocycles. The number of carbonyl (C=O) groups is 1. The van der Waals surface area contributed by atoms with Crippen molar-refractivity contribution in [3.05, 3.63) is 59.7 Å². The van der Waals surface area contributed by atoms with Crippen LogP contribution >= 0.6 is 0 Å². The Morgan fingerprint density at radius 3 is 2.48 bits per heavy atom. The molecule has 0 atom stereocenters. The predicted molar refractivity (Wildman–Crippen MR) is 125 cm³/mol. The fraction of sp³-hybridized carbons (Fsp3) is 0.500. The van der Waals surface area contributed by atoms with E-state index >= 15 is 0 Å². The van der Waals surface area contributed by atoms with Crippen molar-refractivity contribution in [1.29, 1.82) is 0 Å². The zero-order valence-corrected chi connectivity index (χ0v) is 18.9. The Kier molecular flexibility index (Phi) is 9.22. The highest BCUT2D eigenvalue weighted by atomic mass is 16.5. The van der Waals surface area contributed by atoms with Crippen molar-refractivity contribution in [1.82, 2.24) is 10.2 Å². The van der Waals surface area contributed by atoms with Crippen LogP contribution in [0.3, 0.4) is 0 Å². The molecule has 2 aromatic carbocycles. The van der Waals surface area contributed by atoms with Gasteiger partial charge in [0.15, 0.2) is 0 Å². The predicted octanol–water partition coefficient (Wildman–Crippen LogP) is 4.44. The Morgan fingerprint density at radius 2 is 1.74 bits per heavy atom. The summed E-state index contributed by atoms with van der Waals surface area (Å²) < 4.78 is 11.9. The zero-order chi connectivity index (χ0) is 21.9. The molecule has 1 amide bonds. The van der Waals surface area contributed by atoms with Crippen molar-refractivity contribution in [2.45, 2.75) is 52.0 Å². The van der Waals surface area contributed by atoms with Gasteiger partial charge in [-0.1, -0.05) is 30.3 Å². The molecule has 0 bridgehead atoms. The molecule has 0 aliphatic carbocycles. The molecule has 1 fully saturated rings. The van der Waals surface area contributed by atoms with Gasteiger partial charge in [-0.2, -0.15) is 0 Å². The molecule has 0 saturated carbocycles. The Hall–Kier alpha value is -2.53. The number of hydrogen-bond acceptors (Lipinski definition) is 4. The maximum atomic E-state index is 11.7. The van der Waals surface area contributed by atoms with Crippen LogP contribution in [0.15, 0.2) is 48.5 Å². The highest BCUT2D eigenvalue weighted by Gasteiger charge is 2.11. The SMILES string of the molecule is CC(C)NC(=O)CCCOc1ccc(Cc2ccccc2OCCN2CCCC2)cc1. The number of hydrogen-bond donors (Lipinski definition) is 1. The van der Waals surface area contributed by atoms with Crippen LogP contribution in [0.5, 0.6) is 11.5 Å². The molecule has 3 rings (SSSR count). The average Bonchev–Trinajstić information content (AvgIpc) is 3.27. The van der Waals surface area contributed by atoms with E-state index in [4.69, 9.17) is 9.47 Å². The van der Waals surface area contributed by atoms with E-state index in [9.17, 15) is 4.79 Å². The molecule has 1 aliphatic rings. The Bertz CT molecular complexity index is 799. The third-order valence-corrected chi connectivity index (χ3v) is 5.42. The number of para-hydroxylation sites is 1. The lowest BCUT2D eigenvalue weighted by molar-refractivity contribution is -0.121. The Labute approximate surface area is 186 Å². The zero-order valence-electron chi connectivity index (χ0n) is 18.9. The summed E-state index contributed by atoms with van der Waals surface area (Å²) in [6, 6.07) is 16.7. The van der Waals surface area contributed by atoms with Crippen molar-refractivity contribution >= 4 is 5.91 Å². The smallest absolute Gasteiger partial charge is 0.220 e. The van der Waals surface area contributed by atoms with Gasteiger partial charge >= 0.3 is 0 Å². The second kappa shape index (κ2) is 12.4. The standard InChI is InChI=1S/C26H36N2O3/c1-21(2)27-26(29)10-7-18-30-24-13-11-22(12-14-24)20-23-8-3-4-9-25(23)31-19-17-28-15-5-6-16-28/h3-4,8-9,11-14,21H,5-7,10,15-20H2,1-2H3,(H,27,29). The average molecular weight is 425 g/mol. The molecule has 31 heavy (non-hydrogen) atoms. The highest BCUT2D eigenvalue weighted by molar-refractivity contribution is 5.76. The van der Waals surface area contributed by atoms with Crippen molar-refractivity contribution in [2.75, 3.05) is 32.8 Å². The number of nitrogens with zero attached hydrogens (tertiary/aromatic N) is 1. The molecule has 5 nitrogen and oxygen atoms in total. The topological polar surface area (TPSA) is 50.8 Å². The quantitative estimate of drug-likeness (QED) is 0.512. The lowest BCUT2D eigenvalue weighted by Crippen LogP contribution is -2.30. The summed E-state index contributed by atoms with van der Waals surface area (Å²) in [5.41, 5.74) is 2.42. The van der Waals surface area contributed by atoms with Gasteiger partial charge in [-0.15, -0.1) is 0 Å². The van der Waals surface area contributed by atoms with Crippen molar-refractivity contribution in [2.24, 2.45) is 0 Å². The van der Waals surface area contributed by atoms with Gasteiger partial charge < -0.3 is 14.8 Å². The van der Waals surface area contributed by atoms with Gasteiger partial charge in [0, 0.05) is 25.4 Å². The Morgan fingerprint density at radius 1 is 1.00 bits per heavy atom. The molecule has 1 aliphatic heterocycles. The van der Waals surface area contributed by atoms with Crippen LogP contribution in [-0.4, -0.2) is 49.7 Å². The number of ether oxygens (including phenoxy) is 2. The molecule has 5 heteroatoms. The number of amides is 1. The molecule has 0 unspecified atom stereocenters. The second-order valence-corrected chi connectivity index (χ2v) is 8.50. The monoisotopic (exact) mass is 424 g/mol. The van der Waals surface area contributed by atoms with Crippen LogP contribution in [0, 0.1) is 0 Å². The van der Waals surface area contributed by atoms with E-state index in [0.29, 0.717) is 19.4 Å². The molecule has 168 valence electrons. The van der Waals surface area contributed by atoms with Crippen molar-refractivity contribution < 1.29 is 14.3 Å². The van der Waals surface area contributed by atoms with Crippen LogP contribution in [0.2, 0.25) is 0 Å². The van der Waals surface area contributed by atoms with Crippen molar-refractivity contribution in [3.8, 4) is 11.5 Å². The van der Waals surface area contributed by atoms with Crippen LogP contribution in [0.4, 0.5) is 0 Å². The molecule has 1 heterocycles. The minimum atomic E-state index is 0.0789. The van der Waals surface area contributed by atoms with Crippen LogP contribution < -0.4 is 14.8 Å². The first-order valence-corrected chi connectivity index (χ1v) is 11.5.